The summed E-state index contributed by atoms with van der Waals surface area (Å²) in [5.74, 6) is -0.422. The number of sulfonamides is 1. The van der Waals surface area contributed by atoms with Crippen molar-refractivity contribution in [3.8, 4) is 17.6 Å². The first-order valence-electron chi connectivity index (χ1n) is 10.4. The van der Waals surface area contributed by atoms with Gasteiger partial charge >= 0.3 is 0 Å². The molecule has 2 aromatic carbocycles. The summed E-state index contributed by atoms with van der Waals surface area (Å²) >= 11 is 12.1. The Balaban J connectivity index is 1.71. The Kier molecular flexibility index (Phi) is 7.12. The Labute approximate surface area is 206 Å². The van der Waals surface area contributed by atoms with E-state index in [-0.39, 0.29) is 66.2 Å². The molecule has 2 aliphatic rings. The van der Waals surface area contributed by atoms with Crippen LogP contribution in [-0.2, 0) is 19.6 Å². The van der Waals surface area contributed by atoms with Gasteiger partial charge < -0.3 is 10.1 Å². The second-order valence-electron chi connectivity index (χ2n) is 7.85. The Morgan fingerprint density at radius 3 is 2.41 bits per heavy atom. The molecule has 0 aliphatic carbocycles. The predicted molar refractivity (Wildman–Crippen MR) is 124 cm³/mol. The fraction of sp³-hybridized carbons (Fsp3) is 0.318. The van der Waals surface area contributed by atoms with Gasteiger partial charge in [0.25, 0.3) is 0 Å². The number of halogens is 2. The lowest BCUT2D eigenvalue weighted by Gasteiger charge is -2.37. The number of nitriles is 1. The number of rotatable bonds is 6. The maximum absolute atomic E-state index is 13.8. The molecule has 0 saturated carbocycles. The monoisotopic (exact) mass is 522 g/mol. The molecule has 2 fully saturated rings. The minimum atomic E-state index is -4.19. The van der Waals surface area contributed by atoms with E-state index < -0.39 is 16.1 Å². The van der Waals surface area contributed by atoms with Gasteiger partial charge in [-0.1, -0.05) is 23.2 Å². The van der Waals surface area contributed by atoms with Gasteiger partial charge in [0, 0.05) is 49.1 Å². The number of amides is 2. The number of carbonyl (C=O) groups excluding carboxylic acids is 2. The average Bonchev–Trinajstić information content (AvgIpc) is 3.11. The largest absolute Gasteiger partial charge is 0.456 e. The molecule has 0 aromatic heterocycles. The van der Waals surface area contributed by atoms with E-state index in [1.54, 1.807) is 0 Å². The molecular weight excluding hydrogens is 503 g/mol. The zero-order chi connectivity index (χ0) is 24.5. The lowest BCUT2D eigenvalue weighted by Crippen LogP contribution is -2.58. The van der Waals surface area contributed by atoms with Gasteiger partial charge in [-0.25, -0.2) is 8.42 Å². The van der Waals surface area contributed by atoms with Crippen LogP contribution in [0.5, 0.6) is 11.5 Å². The van der Waals surface area contributed by atoms with Crippen molar-refractivity contribution in [2.45, 2.75) is 23.8 Å². The molecule has 2 aromatic rings. The molecular formula is C22H20Cl2N4O5S. The number of nitrogens with one attached hydrogen (secondary N) is 1. The third-order valence-electron chi connectivity index (χ3n) is 5.57. The van der Waals surface area contributed by atoms with Crippen molar-refractivity contribution >= 4 is 45.0 Å². The number of hydrogen-bond acceptors (Lipinski definition) is 7. The summed E-state index contributed by atoms with van der Waals surface area (Å²) in [5, 5.41) is 13.1. The first-order chi connectivity index (χ1) is 16.2. The van der Waals surface area contributed by atoms with Crippen molar-refractivity contribution in [3.63, 3.8) is 0 Å². The summed E-state index contributed by atoms with van der Waals surface area (Å²) in [7, 11) is -4.19. The highest BCUT2D eigenvalue weighted by Gasteiger charge is 2.39. The van der Waals surface area contributed by atoms with Gasteiger partial charge in [-0.2, -0.15) is 9.57 Å². The van der Waals surface area contributed by atoms with E-state index in [0.717, 1.165) is 4.90 Å². The lowest BCUT2D eigenvalue weighted by atomic mass is 10.2. The number of likely N-dealkylation sites (tertiary alicyclic amines) is 1. The van der Waals surface area contributed by atoms with E-state index >= 15 is 0 Å². The first kappa shape index (κ1) is 24.4. The molecule has 9 nitrogen and oxygen atoms in total. The summed E-state index contributed by atoms with van der Waals surface area (Å²) in [6.45, 7) is 0.703. The fourth-order valence-corrected chi connectivity index (χ4v) is 6.22. The van der Waals surface area contributed by atoms with E-state index in [1.807, 2.05) is 6.07 Å². The number of nitrogens with zero attached hydrogens (tertiary/aromatic N) is 3. The van der Waals surface area contributed by atoms with Crippen LogP contribution in [0.15, 0.2) is 41.3 Å². The number of benzene rings is 2. The van der Waals surface area contributed by atoms with Crippen LogP contribution in [0.4, 0.5) is 0 Å². The third kappa shape index (κ3) is 5.04. The second kappa shape index (κ2) is 9.90. The Hall–Kier alpha value is -2.68. The van der Waals surface area contributed by atoms with E-state index in [1.165, 1.54) is 40.7 Å². The molecule has 0 bridgehead atoms. The van der Waals surface area contributed by atoms with Gasteiger partial charge in [-0.15, -0.1) is 0 Å². The number of hydrogen-bond donors (Lipinski definition) is 1. The molecule has 2 heterocycles. The van der Waals surface area contributed by atoms with Crippen LogP contribution in [0.1, 0.15) is 18.4 Å². The van der Waals surface area contributed by atoms with Crippen LogP contribution in [0.3, 0.4) is 0 Å². The average molecular weight is 523 g/mol. The van der Waals surface area contributed by atoms with Crippen LogP contribution >= 0.6 is 23.2 Å². The zero-order valence-corrected chi connectivity index (χ0v) is 20.2. The van der Waals surface area contributed by atoms with Crippen LogP contribution in [0, 0.1) is 11.3 Å². The summed E-state index contributed by atoms with van der Waals surface area (Å²) in [5.41, 5.74) is 0.131. The minimum Gasteiger partial charge on any atom is -0.456 e. The Morgan fingerprint density at radius 2 is 1.76 bits per heavy atom. The van der Waals surface area contributed by atoms with Crippen molar-refractivity contribution < 1.29 is 22.7 Å². The predicted octanol–water partition coefficient (Wildman–Crippen LogP) is 2.77. The van der Waals surface area contributed by atoms with Gasteiger partial charge in [0.2, 0.25) is 21.8 Å². The van der Waals surface area contributed by atoms with Crippen molar-refractivity contribution in [2.24, 2.45) is 0 Å². The van der Waals surface area contributed by atoms with Gasteiger partial charge in [-0.05, 0) is 36.4 Å². The maximum atomic E-state index is 13.8. The number of imide groups is 1. The number of carbonyl (C=O) groups is 2. The Bertz CT molecular complexity index is 1260. The third-order valence-corrected chi connectivity index (χ3v) is 7.98. The highest BCUT2D eigenvalue weighted by Crippen LogP contribution is 2.35. The van der Waals surface area contributed by atoms with Crippen molar-refractivity contribution in [3.05, 3.63) is 52.0 Å². The van der Waals surface area contributed by atoms with Crippen molar-refractivity contribution in [1.82, 2.24) is 14.5 Å². The van der Waals surface area contributed by atoms with Crippen molar-refractivity contribution in [2.75, 3.05) is 26.2 Å². The molecule has 0 spiro atoms. The standard InChI is InChI=1S/C22H20Cl2N4O5S/c23-15-8-16(24)10-18(9-15)33-19-2-1-14(11-25)7-20(19)34(31,32)28-6-5-26-12-17(28)13-27-21(29)3-4-22(27)30/h1-2,7-10,17,26H,3-6,12-13H2. The molecule has 1 atom stereocenters. The second-order valence-corrected chi connectivity index (χ2v) is 10.6. The van der Waals surface area contributed by atoms with Crippen LogP contribution in [-0.4, -0.2) is 61.7 Å². The SMILES string of the molecule is N#Cc1ccc(Oc2cc(Cl)cc(Cl)c2)c(S(=O)(=O)N2CCNCC2CN2C(=O)CCC2=O)c1. The summed E-state index contributed by atoms with van der Waals surface area (Å²) in [6, 6.07) is 9.82. The van der Waals surface area contributed by atoms with Crippen LogP contribution in [0.2, 0.25) is 10.0 Å². The Morgan fingerprint density at radius 1 is 1.09 bits per heavy atom. The minimum absolute atomic E-state index is 0.0112. The molecule has 178 valence electrons. The summed E-state index contributed by atoms with van der Waals surface area (Å²) in [6.07, 6.45) is 0.242. The topological polar surface area (TPSA) is 120 Å². The fourth-order valence-electron chi connectivity index (χ4n) is 3.96. The highest BCUT2D eigenvalue weighted by atomic mass is 35.5. The lowest BCUT2D eigenvalue weighted by molar-refractivity contribution is -0.139. The molecule has 1 unspecified atom stereocenters. The van der Waals surface area contributed by atoms with Gasteiger partial charge in [0.1, 0.15) is 16.4 Å². The molecule has 4 rings (SSSR count). The summed E-state index contributed by atoms with van der Waals surface area (Å²) < 4.78 is 34.7. The van der Waals surface area contributed by atoms with Crippen molar-refractivity contribution in [1.29, 1.82) is 5.26 Å². The highest BCUT2D eigenvalue weighted by molar-refractivity contribution is 7.89. The van der Waals surface area contributed by atoms with E-state index in [4.69, 9.17) is 27.9 Å². The smallest absolute Gasteiger partial charge is 0.247 e. The van der Waals surface area contributed by atoms with Crippen LogP contribution < -0.4 is 10.1 Å². The molecule has 1 N–H and O–H groups in total. The van der Waals surface area contributed by atoms with Gasteiger partial charge in [0.05, 0.1) is 17.7 Å². The van der Waals surface area contributed by atoms with E-state index in [9.17, 15) is 23.3 Å². The molecule has 2 saturated heterocycles. The van der Waals surface area contributed by atoms with Gasteiger partial charge in [-0.3, -0.25) is 14.5 Å². The molecule has 0 radical (unpaired) electrons. The first-order valence-corrected chi connectivity index (χ1v) is 12.6. The molecule has 2 amide bonds. The zero-order valence-electron chi connectivity index (χ0n) is 17.8. The van der Waals surface area contributed by atoms with E-state index in [0.29, 0.717) is 16.6 Å². The quantitative estimate of drug-likeness (QED) is 0.579. The number of piperazine rings is 1. The molecule has 2 aliphatic heterocycles. The number of ether oxygens (including phenoxy) is 1. The van der Waals surface area contributed by atoms with Gasteiger partial charge in [0.15, 0.2) is 0 Å². The molecule has 12 heteroatoms. The summed E-state index contributed by atoms with van der Waals surface area (Å²) in [4.78, 5) is 25.1. The normalized spacial score (nSPS) is 19.3. The molecule has 34 heavy (non-hydrogen) atoms. The van der Waals surface area contributed by atoms with E-state index in [2.05, 4.69) is 5.32 Å². The maximum Gasteiger partial charge on any atom is 0.247 e. The van der Waals surface area contributed by atoms with Crippen LogP contribution in [0.25, 0.3) is 0 Å².